The number of carbonyl (C=O) groups is 3. The number of amides is 3. The molecule has 3 aromatic carbocycles. The first kappa shape index (κ1) is 40.4. The molecule has 2 aliphatic heterocycles. The van der Waals surface area contributed by atoms with Gasteiger partial charge in [0.05, 0.1) is 31.5 Å². The Hall–Kier alpha value is -4.29. The van der Waals surface area contributed by atoms with Crippen LogP contribution < -0.4 is 16.0 Å². The predicted octanol–water partition coefficient (Wildman–Crippen LogP) is 6.69. The number of esters is 1. The monoisotopic (exact) mass is 754 g/mol. The van der Waals surface area contributed by atoms with E-state index in [1.807, 2.05) is 81.4 Å². The number of aliphatic hydroxyl groups excluding tert-OH is 1. The fourth-order valence-corrected chi connectivity index (χ4v) is 8.30. The lowest BCUT2D eigenvalue weighted by atomic mass is 9.75. The van der Waals surface area contributed by atoms with Crippen LogP contribution in [0.5, 0.6) is 0 Å². The number of ether oxygens (including phenoxy) is 3. The van der Waals surface area contributed by atoms with Crippen LogP contribution >= 0.6 is 0 Å². The summed E-state index contributed by atoms with van der Waals surface area (Å²) in [6.45, 7) is 8.83. The number of hydrogen-bond donors (Lipinski definition) is 4. The molecule has 11 nitrogen and oxygen atoms in total. The minimum atomic E-state index is -0.618. The average molecular weight is 755 g/mol. The van der Waals surface area contributed by atoms with Gasteiger partial charge >= 0.3 is 12.0 Å². The van der Waals surface area contributed by atoms with Crippen LogP contribution in [0.25, 0.3) is 11.1 Å². The molecule has 6 atom stereocenters. The minimum absolute atomic E-state index is 0.0199. The van der Waals surface area contributed by atoms with E-state index in [2.05, 4.69) is 33.0 Å². The van der Waals surface area contributed by atoms with Crippen molar-refractivity contribution in [1.29, 1.82) is 0 Å². The highest BCUT2D eigenvalue weighted by molar-refractivity contribution is 5.82. The number of benzene rings is 3. The van der Waals surface area contributed by atoms with Crippen molar-refractivity contribution < 1.29 is 33.7 Å². The van der Waals surface area contributed by atoms with Gasteiger partial charge in [-0.3, -0.25) is 14.5 Å². The topological polar surface area (TPSA) is 138 Å². The number of nitrogens with one attached hydrogen (secondary N) is 3. The lowest BCUT2D eigenvalue weighted by Gasteiger charge is -2.50. The molecule has 11 heteroatoms. The average Bonchev–Trinajstić information content (AvgIpc) is 3.19. The zero-order valence-corrected chi connectivity index (χ0v) is 32.7. The fourth-order valence-electron chi connectivity index (χ4n) is 8.30. The number of carbonyl (C=O) groups excluding carboxylic acids is 3. The second-order valence-corrected chi connectivity index (χ2v) is 16.2. The van der Waals surface area contributed by atoms with Crippen molar-refractivity contribution in [2.24, 2.45) is 5.92 Å². The highest BCUT2D eigenvalue weighted by Crippen LogP contribution is 2.42. The second-order valence-electron chi connectivity index (χ2n) is 16.2. The summed E-state index contributed by atoms with van der Waals surface area (Å²) >= 11 is 0. The van der Waals surface area contributed by atoms with E-state index in [9.17, 15) is 19.5 Å². The van der Waals surface area contributed by atoms with Crippen molar-refractivity contribution in [2.45, 2.75) is 122 Å². The Bertz CT molecular complexity index is 1740. The minimum Gasteiger partial charge on any atom is -0.465 e. The van der Waals surface area contributed by atoms with Gasteiger partial charge in [0.1, 0.15) is 6.54 Å². The molecular formula is C44H58N4O7. The molecule has 3 amide bonds. The molecule has 4 N–H and O–H groups in total. The summed E-state index contributed by atoms with van der Waals surface area (Å²) in [6, 6.07) is 23.8. The Morgan fingerprint density at radius 1 is 0.855 bits per heavy atom. The van der Waals surface area contributed by atoms with Gasteiger partial charge in [-0.2, -0.15) is 0 Å². The third kappa shape index (κ3) is 10.9. The first-order valence-corrected chi connectivity index (χ1v) is 19.9. The van der Waals surface area contributed by atoms with Crippen LogP contribution in [-0.2, 0) is 37.0 Å². The quantitative estimate of drug-likeness (QED) is 0.150. The van der Waals surface area contributed by atoms with Gasteiger partial charge in [0.15, 0.2) is 6.29 Å². The standard InChI is InChI=1S/C44H58N4O7/c1-5-53-40(50)26-46-43(52)45-25-30-9-8-11-35(23-30)31-17-19-34(20-18-31)42-54-36(24-39(55-42)33-15-13-29(28-49)14-16-33)27-48-37-12-7-6-10-32(37)21-22-38(48)41(51)47-44(2,3)4/h8-9,11,13-20,23,32,36-39,42,49H,5-7,10,12,21-22,24-28H2,1-4H3,(H,47,51)(H2,45,46,52)/t32-,36-,37-,38-,39+,42+/m1/s1. The Morgan fingerprint density at radius 2 is 1.60 bits per heavy atom. The van der Waals surface area contributed by atoms with Crippen molar-refractivity contribution in [3.8, 4) is 11.1 Å². The van der Waals surface area contributed by atoms with Crippen LogP contribution in [0.2, 0.25) is 0 Å². The van der Waals surface area contributed by atoms with Crippen molar-refractivity contribution >= 4 is 17.9 Å². The summed E-state index contributed by atoms with van der Waals surface area (Å²) in [5, 5.41) is 18.3. The number of piperidine rings is 1. The predicted molar refractivity (Wildman–Crippen MR) is 211 cm³/mol. The van der Waals surface area contributed by atoms with Gasteiger partial charge in [0.25, 0.3) is 0 Å². The van der Waals surface area contributed by atoms with E-state index >= 15 is 0 Å². The lowest BCUT2D eigenvalue weighted by molar-refractivity contribution is -0.255. The van der Waals surface area contributed by atoms with E-state index in [0.29, 0.717) is 31.5 Å². The van der Waals surface area contributed by atoms with E-state index in [1.165, 1.54) is 19.3 Å². The highest BCUT2D eigenvalue weighted by Gasteiger charge is 2.44. The summed E-state index contributed by atoms with van der Waals surface area (Å²) in [6.07, 6.45) is 6.30. The maximum absolute atomic E-state index is 13.8. The molecule has 6 rings (SSSR count). The molecule has 55 heavy (non-hydrogen) atoms. The molecule has 1 aliphatic carbocycles. The van der Waals surface area contributed by atoms with Gasteiger partial charge in [-0.15, -0.1) is 0 Å². The first-order chi connectivity index (χ1) is 26.5. The molecule has 0 spiro atoms. The molecule has 0 bridgehead atoms. The number of rotatable bonds is 12. The maximum atomic E-state index is 13.8. The number of likely N-dealkylation sites (tertiary alicyclic amines) is 1. The van der Waals surface area contributed by atoms with Crippen LogP contribution in [0, 0.1) is 5.92 Å². The number of aliphatic hydroxyl groups is 1. The Morgan fingerprint density at radius 3 is 2.33 bits per heavy atom. The van der Waals surface area contributed by atoms with Crippen LogP contribution in [0.3, 0.4) is 0 Å². The molecule has 296 valence electrons. The largest absolute Gasteiger partial charge is 0.465 e. The zero-order chi connectivity index (χ0) is 39.0. The first-order valence-electron chi connectivity index (χ1n) is 19.9. The van der Waals surface area contributed by atoms with E-state index < -0.39 is 18.3 Å². The smallest absolute Gasteiger partial charge is 0.325 e. The molecule has 0 unspecified atom stereocenters. The second kappa shape index (κ2) is 18.6. The van der Waals surface area contributed by atoms with Gasteiger partial charge in [0, 0.05) is 36.7 Å². The number of hydrogen-bond acceptors (Lipinski definition) is 8. The molecule has 3 aromatic rings. The van der Waals surface area contributed by atoms with Gasteiger partial charge in [0.2, 0.25) is 5.91 Å². The summed E-state index contributed by atoms with van der Waals surface area (Å²) in [4.78, 5) is 40.1. The van der Waals surface area contributed by atoms with Crippen LogP contribution in [0.1, 0.15) is 107 Å². The van der Waals surface area contributed by atoms with Gasteiger partial charge in [-0.25, -0.2) is 4.79 Å². The van der Waals surface area contributed by atoms with Crippen molar-refractivity contribution in [3.05, 3.63) is 95.1 Å². The van der Waals surface area contributed by atoms with Crippen LogP contribution in [0.15, 0.2) is 72.8 Å². The molecule has 2 heterocycles. The van der Waals surface area contributed by atoms with Crippen molar-refractivity contribution in [2.75, 3.05) is 19.7 Å². The van der Waals surface area contributed by atoms with E-state index in [0.717, 1.165) is 52.6 Å². The highest BCUT2D eigenvalue weighted by atomic mass is 16.7. The lowest BCUT2D eigenvalue weighted by Crippen LogP contribution is -2.61. The normalized spacial score (nSPS) is 24.3. The van der Waals surface area contributed by atoms with Crippen LogP contribution in [-0.4, -0.2) is 71.3 Å². The fraction of sp³-hybridized carbons (Fsp3) is 0.523. The van der Waals surface area contributed by atoms with Gasteiger partial charge < -0.3 is 35.3 Å². The van der Waals surface area contributed by atoms with Crippen molar-refractivity contribution in [3.63, 3.8) is 0 Å². The maximum Gasteiger partial charge on any atom is 0.325 e. The summed E-state index contributed by atoms with van der Waals surface area (Å²) in [5.74, 6) is 0.216. The zero-order valence-electron chi connectivity index (χ0n) is 32.7. The third-order valence-electron chi connectivity index (χ3n) is 10.9. The third-order valence-corrected chi connectivity index (χ3v) is 10.9. The molecule has 0 radical (unpaired) electrons. The Labute approximate surface area is 325 Å². The Kier molecular flexibility index (Phi) is 13.6. The van der Waals surface area contributed by atoms with Crippen LogP contribution in [0.4, 0.5) is 4.79 Å². The van der Waals surface area contributed by atoms with E-state index in [-0.39, 0.29) is 49.5 Å². The van der Waals surface area contributed by atoms with Crippen molar-refractivity contribution in [1.82, 2.24) is 20.9 Å². The SMILES string of the molecule is CCOC(=O)CNC(=O)NCc1cccc(-c2ccc([C@H]3O[C@@H](CN4[C@@H](C(=O)NC(C)(C)C)CC[C@H]5CCCC[C@H]54)C[C@@H](c4ccc(CO)cc4)O3)cc2)c1. The molecular weight excluding hydrogens is 697 g/mol. The number of nitrogens with zero attached hydrogens (tertiary/aromatic N) is 1. The summed E-state index contributed by atoms with van der Waals surface area (Å²) in [5.41, 5.74) is 5.38. The molecule has 2 saturated heterocycles. The van der Waals surface area contributed by atoms with Gasteiger partial charge in [-0.1, -0.05) is 79.6 Å². The van der Waals surface area contributed by atoms with E-state index in [1.54, 1.807) is 6.92 Å². The Balaban J connectivity index is 1.19. The number of fused-ring (bicyclic) bond motifs is 1. The van der Waals surface area contributed by atoms with E-state index in [4.69, 9.17) is 14.2 Å². The molecule has 3 fully saturated rings. The van der Waals surface area contributed by atoms with Gasteiger partial charge in [-0.05, 0) is 93.2 Å². The number of urea groups is 1. The molecule has 1 saturated carbocycles. The summed E-state index contributed by atoms with van der Waals surface area (Å²) < 4.78 is 18.4. The molecule has 0 aromatic heterocycles. The molecule has 3 aliphatic rings. The summed E-state index contributed by atoms with van der Waals surface area (Å²) in [7, 11) is 0.